The molecule has 0 unspecified atom stereocenters. The van der Waals surface area contributed by atoms with Crippen molar-refractivity contribution in [3.05, 3.63) is 78.6 Å². The molecule has 0 aliphatic rings. The van der Waals surface area contributed by atoms with Crippen molar-refractivity contribution in [3.63, 3.8) is 0 Å². The Hall–Kier alpha value is -2.66. The van der Waals surface area contributed by atoms with Crippen LogP contribution in [0.4, 0.5) is 0 Å². The number of carbonyl (C=O) groups excluding carboxylic acids is 1. The lowest BCUT2D eigenvalue weighted by molar-refractivity contribution is -0.120. The Morgan fingerprint density at radius 2 is 1.58 bits per heavy atom. The third-order valence-corrected chi connectivity index (χ3v) is 4.83. The minimum atomic E-state index is 0.0789. The molecule has 2 aromatic carbocycles. The summed E-state index contributed by atoms with van der Waals surface area (Å²) < 4.78 is 0. The van der Waals surface area contributed by atoms with E-state index in [1.54, 1.807) is 11.8 Å². The summed E-state index contributed by atoms with van der Waals surface area (Å²) in [6.45, 7) is 0.600. The zero-order valence-electron chi connectivity index (χ0n) is 14.5. The Morgan fingerprint density at radius 1 is 0.923 bits per heavy atom. The SMILES string of the molecule is O=C(CCSc1ccccc1)NCCc1cnc(-c2ccccc2)nc1. The van der Waals surface area contributed by atoms with Gasteiger partial charge < -0.3 is 5.32 Å². The van der Waals surface area contributed by atoms with Gasteiger partial charge in [0.2, 0.25) is 5.91 Å². The Kier molecular flexibility index (Phi) is 6.79. The van der Waals surface area contributed by atoms with Gasteiger partial charge in [0.1, 0.15) is 0 Å². The lowest BCUT2D eigenvalue weighted by Crippen LogP contribution is -2.25. The molecule has 0 atom stereocenters. The average Bonchev–Trinajstić information content (AvgIpc) is 2.70. The molecule has 3 rings (SSSR count). The van der Waals surface area contributed by atoms with E-state index in [9.17, 15) is 4.79 Å². The fourth-order valence-electron chi connectivity index (χ4n) is 2.43. The smallest absolute Gasteiger partial charge is 0.220 e. The molecule has 0 bridgehead atoms. The van der Waals surface area contributed by atoms with Crippen LogP contribution in [-0.4, -0.2) is 28.2 Å². The molecule has 0 radical (unpaired) electrons. The molecule has 26 heavy (non-hydrogen) atoms. The largest absolute Gasteiger partial charge is 0.356 e. The van der Waals surface area contributed by atoms with Crippen LogP contribution in [0.1, 0.15) is 12.0 Å². The molecule has 0 saturated heterocycles. The minimum absolute atomic E-state index is 0.0789. The highest BCUT2D eigenvalue weighted by molar-refractivity contribution is 7.99. The van der Waals surface area contributed by atoms with Crippen LogP contribution >= 0.6 is 11.8 Å². The van der Waals surface area contributed by atoms with E-state index in [-0.39, 0.29) is 5.91 Å². The Balaban J connectivity index is 1.37. The number of nitrogens with one attached hydrogen (secondary N) is 1. The molecule has 1 heterocycles. The number of aromatic nitrogens is 2. The van der Waals surface area contributed by atoms with E-state index in [4.69, 9.17) is 0 Å². The summed E-state index contributed by atoms with van der Waals surface area (Å²) >= 11 is 1.70. The van der Waals surface area contributed by atoms with Gasteiger partial charge in [-0.25, -0.2) is 9.97 Å². The van der Waals surface area contributed by atoms with Gasteiger partial charge in [-0.3, -0.25) is 4.79 Å². The predicted molar refractivity (Wildman–Crippen MR) is 106 cm³/mol. The quantitative estimate of drug-likeness (QED) is 0.615. The van der Waals surface area contributed by atoms with Crippen LogP contribution in [0.3, 0.4) is 0 Å². The molecule has 1 N–H and O–H groups in total. The van der Waals surface area contributed by atoms with Gasteiger partial charge in [-0.2, -0.15) is 0 Å². The maximum absolute atomic E-state index is 11.9. The highest BCUT2D eigenvalue weighted by atomic mass is 32.2. The van der Waals surface area contributed by atoms with Gasteiger partial charge >= 0.3 is 0 Å². The number of nitrogens with zero attached hydrogens (tertiary/aromatic N) is 2. The van der Waals surface area contributed by atoms with Crippen molar-refractivity contribution in [1.29, 1.82) is 0 Å². The lowest BCUT2D eigenvalue weighted by Gasteiger charge is -2.06. The van der Waals surface area contributed by atoms with E-state index in [1.807, 2.05) is 60.9 Å². The lowest BCUT2D eigenvalue weighted by atomic mass is 10.2. The van der Waals surface area contributed by atoms with E-state index in [1.165, 1.54) is 4.90 Å². The Morgan fingerprint density at radius 3 is 2.27 bits per heavy atom. The van der Waals surface area contributed by atoms with Crippen molar-refractivity contribution in [2.24, 2.45) is 0 Å². The number of thioether (sulfide) groups is 1. The number of hydrogen-bond acceptors (Lipinski definition) is 4. The van der Waals surface area contributed by atoms with Crippen molar-refractivity contribution >= 4 is 17.7 Å². The summed E-state index contributed by atoms with van der Waals surface area (Å²) in [5, 5.41) is 2.96. The number of carbonyl (C=O) groups is 1. The first-order chi connectivity index (χ1) is 12.8. The molecule has 5 heteroatoms. The summed E-state index contributed by atoms with van der Waals surface area (Å²) in [5.41, 5.74) is 2.02. The van der Waals surface area contributed by atoms with E-state index in [0.717, 1.165) is 29.1 Å². The van der Waals surface area contributed by atoms with Gasteiger partial charge in [0, 0.05) is 41.6 Å². The number of amides is 1. The molecule has 0 saturated carbocycles. The third kappa shape index (κ3) is 5.70. The molecule has 1 aromatic heterocycles. The fraction of sp³-hybridized carbons (Fsp3) is 0.190. The average molecular weight is 363 g/mol. The number of rotatable bonds is 8. The molecule has 0 aliphatic carbocycles. The molecule has 4 nitrogen and oxygen atoms in total. The highest BCUT2D eigenvalue weighted by Crippen LogP contribution is 2.17. The van der Waals surface area contributed by atoms with Crippen molar-refractivity contribution < 1.29 is 4.79 Å². The second-order valence-electron chi connectivity index (χ2n) is 5.79. The second-order valence-corrected chi connectivity index (χ2v) is 6.96. The first-order valence-corrected chi connectivity index (χ1v) is 9.61. The van der Waals surface area contributed by atoms with Gasteiger partial charge in [-0.1, -0.05) is 48.5 Å². The summed E-state index contributed by atoms with van der Waals surface area (Å²) in [6, 6.07) is 20.0. The van der Waals surface area contributed by atoms with Crippen LogP contribution in [0.2, 0.25) is 0 Å². The standard InChI is InChI=1S/C21H21N3OS/c25-20(12-14-26-19-9-5-2-6-10-19)22-13-11-17-15-23-21(24-16-17)18-7-3-1-4-8-18/h1-10,15-16H,11-14H2,(H,22,25). The van der Waals surface area contributed by atoms with Gasteiger partial charge in [0.15, 0.2) is 5.82 Å². The second kappa shape index (κ2) is 9.73. The topological polar surface area (TPSA) is 54.9 Å². The van der Waals surface area contributed by atoms with E-state index in [0.29, 0.717) is 13.0 Å². The van der Waals surface area contributed by atoms with Crippen LogP contribution in [-0.2, 0) is 11.2 Å². The maximum Gasteiger partial charge on any atom is 0.220 e. The molecular formula is C21H21N3OS. The zero-order chi connectivity index (χ0) is 18.0. The van der Waals surface area contributed by atoms with Gasteiger partial charge in [-0.15, -0.1) is 11.8 Å². The summed E-state index contributed by atoms with van der Waals surface area (Å²) in [6.07, 6.45) is 4.90. The highest BCUT2D eigenvalue weighted by Gasteiger charge is 2.04. The van der Waals surface area contributed by atoms with Gasteiger partial charge in [0.25, 0.3) is 0 Å². The van der Waals surface area contributed by atoms with Crippen molar-refractivity contribution in [3.8, 4) is 11.4 Å². The predicted octanol–water partition coefficient (Wildman–Crippen LogP) is 3.98. The summed E-state index contributed by atoms with van der Waals surface area (Å²) in [4.78, 5) is 21.9. The maximum atomic E-state index is 11.9. The van der Waals surface area contributed by atoms with Crippen LogP contribution < -0.4 is 5.32 Å². The molecule has 132 valence electrons. The first-order valence-electron chi connectivity index (χ1n) is 8.62. The summed E-state index contributed by atoms with van der Waals surface area (Å²) in [5.74, 6) is 1.58. The van der Waals surface area contributed by atoms with Gasteiger partial charge in [0.05, 0.1) is 0 Å². The van der Waals surface area contributed by atoms with E-state index < -0.39 is 0 Å². The zero-order valence-corrected chi connectivity index (χ0v) is 15.3. The van der Waals surface area contributed by atoms with E-state index in [2.05, 4.69) is 27.4 Å². The molecule has 0 spiro atoms. The van der Waals surface area contributed by atoms with Crippen molar-refractivity contribution in [1.82, 2.24) is 15.3 Å². The number of hydrogen-bond donors (Lipinski definition) is 1. The summed E-state index contributed by atoms with van der Waals surface area (Å²) in [7, 11) is 0. The Labute approximate surface area is 158 Å². The fourth-order valence-corrected chi connectivity index (χ4v) is 3.31. The van der Waals surface area contributed by atoms with E-state index >= 15 is 0 Å². The van der Waals surface area contributed by atoms with Crippen LogP contribution in [0.15, 0.2) is 78.0 Å². The van der Waals surface area contributed by atoms with Crippen molar-refractivity contribution in [2.45, 2.75) is 17.7 Å². The monoisotopic (exact) mass is 363 g/mol. The molecule has 3 aromatic rings. The first kappa shape index (κ1) is 18.1. The number of benzene rings is 2. The molecule has 0 aliphatic heterocycles. The van der Waals surface area contributed by atoms with Crippen LogP contribution in [0, 0.1) is 0 Å². The van der Waals surface area contributed by atoms with Gasteiger partial charge in [-0.05, 0) is 24.1 Å². The third-order valence-electron chi connectivity index (χ3n) is 3.81. The van der Waals surface area contributed by atoms with Crippen LogP contribution in [0.25, 0.3) is 11.4 Å². The normalized spacial score (nSPS) is 10.5. The Bertz CT molecular complexity index is 808. The minimum Gasteiger partial charge on any atom is -0.356 e. The van der Waals surface area contributed by atoms with Crippen LogP contribution in [0.5, 0.6) is 0 Å². The van der Waals surface area contributed by atoms with Crippen molar-refractivity contribution in [2.75, 3.05) is 12.3 Å². The molecule has 1 amide bonds. The molecular weight excluding hydrogens is 342 g/mol. The molecule has 0 fully saturated rings.